The largest absolute Gasteiger partial charge is 0.497 e. The minimum Gasteiger partial charge on any atom is -0.497 e. The molecule has 9 heteroatoms. The van der Waals surface area contributed by atoms with Crippen molar-refractivity contribution in [3.8, 4) is 11.8 Å². The first-order valence-electron chi connectivity index (χ1n) is 12.1. The summed E-state index contributed by atoms with van der Waals surface area (Å²) >= 11 is 0. The maximum Gasteiger partial charge on any atom is 0.244 e. The summed E-state index contributed by atoms with van der Waals surface area (Å²) in [5.74, 6) is 0.522. The fourth-order valence-corrected chi connectivity index (χ4v) is 6.59. The molecule has 2 aromatic rings. The molecular weight excluding hydrogens is 464 g/mol. The van der Waals surface area contributed by atoms with E-state index in [-0.39, 0.29) is 41.4 Å². The van der Waals surface area contributed by atoms with Crippen molar-refractivity contribution < 1.29 is 17.9 Å². The van der Waals surface area contributed by atoms with Crippen LogP contribution in [0.3, 0.4) is 0 Å². The Morgan fingerprint density at radius 2 is 1.83 bits per heavy atom. The van der Waals surface area contributed by atoms with E-state index in [1.807, 2.05) is 24.3 Å². The smallest absolute Gasteiger partial charge is 0.244 e. The monoisotopic (exact) mass is 496 g/mol. The zero-order chi connectivity index (χ0) is 24.8. The van der Waals surface area contributed by atoms with E-state index >= 15 is 0 Å². The van der Waals surface area contributed by atoms with Gasteiger partial charge in [0.25, 0.3) is 0 Å². The molecule has 2 fully saturated rings. The van der Waals surface area contributed by atoms with E-state index in [9.17, 15) is 18.5 Å². The predicted octanol–water partition coefficient (Wildman–Crippen LogP) is 2.92. The number of methoxy groups -OCH3 is 1. The number of nitrogens with zero attached hydrogens (tertiary/aromatic N) is 3. The van der Waals surface area contributed by atoms with Gasteiger partial charge in [-0.1, -0.05) is 24.3 Å². The number of hydrogen-bond donors (Lipinski definition) is 1. The van der Waals surface area contributed by atoms with Gasteiger partial charge in [0, 0.05) is 25.6 Å². The molecule has 186 valence electrons. The maximum absolute atomic E-state index is 13.1. The van der Waals surface area contributed by atoms with Crippen LogP contribution in [0.25, 0.3) is 0 Å². The Morgan fingerprint density at radius 1 is 1.11 bits per heavy atom. The highest BCUT2D eigenvalue weighted by Gasteiger charge is 2.34. The molecule has 2 saturated heterocycles. The first-order chi connectivity index (χ1) is 16.9. The van der Waals surface area contributed by atoms with Crippen molar-refractivity contribution in [3.05, 3.63) is 59.7 Å². The standard InChI is InChI=1S/C26H32N4O4S/c1-34-23-9-6-8-21(17-23)24(29-13-4-5-14-29)19-28-26(31)20-11-15-30(16-12-20)35(32,33)25-10-3-2-7-22(25)18-27/h2-3,6-10,17,20,24H,4-5,11-16,19H2,1H3,(H,28,31)/t24-/m0/s1. The highest BCUT2D eigenvalue weighted by Crippen LogP contribution is 2.29. The number of piperidine rings is 1. The zero-order valence-electron chi connectivity index (χ0n) is 20.0. The van der Waals surface area contributed by atoms with Crippen LogP contribution >= 0.6 is 0 Å². The Bertz CT molecular complexity index is 1180. The Balaban J connectivity index is 1.38. The minimum atomic E-state index is -3.77. The predicted molar refractivity (Wildman–Crippen MR) is 132 cm³/mol. The molecule has 0 unspecified atom stereocenters. The van der Waals surface area contributed by atoms with Crippen molar-refractivity contribution in [2.45, 2.75) is 36.6 Å². The van der Waals surface area contributed by atoms with Gasteiger partial charge in [-0.25, -0.2) is 8.42 Å². The average Bonchev–Trinajstić information content (AvgIpc) is 3.43. The molecule has 2 aliphatic heterocycles. The number of sulfonamides is 1. The highest BCUT2D eigenvalue weighted by molar-refractivity contribution is 7.89. The summed E-state index contributed by atoms with van der Waals surface area (Å²) < 4.78 is 32.9. The summed E-state index contributed by atoms with van der Waals surface area (Å²) in [5.41, 5.74) is 1.25. The van der Waals surface area contributed by atoms with Gasteiger partial charge in [0.1, 0.15) is 11.8 Å². The van der Waals surface area contributed by atoms with Crippen LogP contribution < -0.4 is 10.1 Å². The molecule has 0 saturated carbocycles. The molecule has 0 aromatic heterocycles. The number of rotatable bonds is 8. The number of ether oxygens (including phenoxy) is 1. The van der Waals surface area contributed by atoms with Gasteiger partial charge in [-0.2, -0.15) is 9.57 Å². The lowest BCUT2D eigenvalue weighted by molar-refractivity contribution is -0.126. The Morgan fingerprint density at radius 3 is 2.51 bits per heavy atom. The second-order valence-electron chi connectivity index (χ2n) is 9.07. The molecule has 0 bridgehead atoms. The van der Waals surface area contributed by atoms with E-state index in [0.29, 0.717) is 19.4 Å². The van der Waals surface area contributed by atoms with Crippen molar-refractivity contribution in [1.82, 2.24) is 14.5 Å². The summed E-state index contributed by atoms with van der Waals surface area (Å²) in [6.45, 7) is 3.01. The zero-order valence-corrected chi connectivity index (χ0v) is 20.8. The number of carbonyl (C=O) groups excluding carboxylic acids is 1. The van der Waals surface area contributed by atoms with E-state index in [0.717, 1.165) is 37.2 Å². The lowest BCUT2D eigenvalue weighted by Gasteiger charge is -2.32. The first kappa shape index (κ1) is 25.2. The summed E-state index contributed by atoms with van der Waals surface area (Å²) in [5, 5.41) is 12.4. The van der Waals surface area contributed by atoms with E-state index < -0.39 is 10.0 Å². The Kier molecular flexibility index (Phi) is 8.06. The van der Waals surface area contributed by atoms with Gasteiger partial charge < -0.3 is 10.1 Å². The van der Waals surface area contributed by atoms with Crippen LogP contribution in [0.2, 0.25) is 0 Å². The molecule has 0 aliphatic carbocycles. The molecule has 35 heavy (non-hydrogen) atoms. The minimum absolute atomic E-state index is 0.0251. The number of carbonyl (C=O) groups is 1. The van der Waals surface area contributed by atoms with Gasteiger partial charge in [0.2, 0.25) is 15.9 Å². The van der Waals surface area contributed by atoms with Crippen LogP contribution in [0.5, 0.6) is 5.75 Å². The van der Waals surface area contributed by atoms with Crippen LogP contribution in [0.1, 0.15) is 42.9 Å². The van der Waals surface area contributed by atoms with Crippen molar-refractivity contribution in [2.24, 2.45) is 5.92 Å². The summed E-state index contributed by atoms with van der Waals surface area (Å²) in [7, 11) is -2.12. The number of hydrogen-bond acceptors (Lipinski definition) is 6. The first-order valence-corrected chi connectivity index (χ1v) is 13.5. The van der Waals surface area contributed by atoms with Gasteiger partial charge in [0.05, 0.1) is 23.6 Å². The van der Waals surface area contributed by atoms with Crippen LogP contribution in [-0.4, -0.2) is 63.4 Å². The van der Waals surface area contributed by atoms with Crippen molar-refractivity contribution in [1.29, 1.82) is 5.26 Å². The van der Waals surface area contributed by atoms with Gasteiger partial charge in [-0.3, -0.25) is 9.69 Å². The maximum atomic E-state index is 13.1. The SMILES string of the molecule is COc1cccc([C@H](CNC(=O)C2CCN(S(=O)(=O)c3ccccc3C#N)CC2)N2CCCC2)c1. The van der Waals surface area contributed by atoms with E-state index in [4.69, 9.17) is 4.74 Å². The number of likely N-dealkylation sites (tertiary alicyclic amines) is 1. The van der Waals surface area contributed by atoms with Gasteiger partial charge in [-0.15, -0.1) is 0 Å². The van der Waals surface area contributed by atoms with Crippen LogP contribution in [0.15, 0.2) is 53.4 Å². The summed E-state index contributed by atoms with van der Waals surface area (Å²) in [6.07, 6.45) is 3.20. The average molecular weight is 497 g/mol. The van der Waals surface area contributed by atoms with Crippen molar-refractivity contribution >= 4 is 15.9 Å². The molecule has 1 N–H and O–H groups in total. The lowest BCUT2D eigenvalue weighted by Crippen LogP contribution is -2.44. The molecule has 2 heterocycles. The molecule has 4 rings (SSSR count). The highest BCUT2D eigenvalue weighted by atomic mass is 32.2. The second kappa shape index (κ2) is 11.2. The van der Waals surface area contributed by atoms with Crippen LogP contribution in [0, 0.1) is 17.2 Å². The fraction of sp³-hybridized carbons (Fsp3) is 0.462. The number of benzene rings is 2. The molecule has 2 aliphatic rings. The lowest BCUT2D eigenvalue weighted by atomic mass is 9.97. The molecule has 1 atom stereocenters. The summed E-state index contributed by atoms with van der Waals surface area (Å²) in [4.78, 5) is 15.5. The molecule has 2 aromatic carbocycles. The van der Waals surface area contributed by atoms with Gasteiger partial charge in [0.15, 0.2) is 0 Å². The molecule has 8 nitrogen and oxygen atoms in total. The normalized spacial score (nSPS) is 18.6. The third-order valence-electron chi connectivity index (χ3n) is 6.98. The number of nitrogens with one attached hydrogen (secondary N) is 1. The van der Waals surface area contributed by atoms with Crippen LogP contribution in [0.4, 0.5) is 0 Å². The molecule has 0 spiro atoms. The number of nitriles is 1. The topological polar surface area (TPSA) is 103 Å². The van der Waals surface area contributed by atoms with E-state index in [2.05, 4.69) is 16.3 Å². The third-order valence-corrected chi connectivity index (χ3v) is 8.94. The molecule has 1 amide bonds. The molecule has 0 radical (unpaired) electrons. The quantitative estimate of drug-likeness (QED) is 0.603. The van der Waals surface area contributed by atoms with Crippen molar-refractivity contribution in [3.63, 3.8) is 0 Å². The van der Waals surface area contributed by atoms with E-state index in [1.165, 1.54) is 16.4 Å². The molecular formula is C26H32N4O4S. The van der Waals surface area contributed by atoms with Gasteiger partial charge >= 0.3 is 0 Å². The Labute approximate surface area is 207 Å². The number of amides is 1. The second-order valence-corrected chi connectivity index (χ2v) is 11.0. The summed E-state index contributed by atoms with van der Waals surface area (Å²) in [6, 6.07) is 16.2. The third kappa shape index (κ3) is 5.67. The Hall–Kier alpha value is -2.93. The van der Waals surface area contributed by atoms with Gasteiger partial charge in [-0.05, 0) is 68.6 Å². The fourth-order valence-electron chi connectivity index (χ4n) is 4.98. The van der Waals surface area contributed by atoms with E-state index in [1.54, 1.807) is 19.2 Å². The van der Waals surface area contributed by atoms with Crippen LogP contribution in [-0.2, 0) is 14.8 Å². The van der Waals surface area contributed by atoms with Crippen molar-refractivity contribution in [2.75, 3.05) is 39.8 Å².